The van der Waals surface area contributed by atoms with Gasteiger partial charge in [-0.25, -0.2) is 0 Å². The Kier molecular flexibility index (Phi) is 6.80. The molecule has 1 amide bonds. The van der Waals surface area contributed by atoms with E-state index in [1.54, 1.807) is 36.6 Å². The standard InChI is InChI=1S/C22H21ClN4O2S2/c1-3-10-27-21(16-12-30-19-7-5-4-6-15(16)19)25-26-22(27)31-13-20(28)24-17-11-14(23)8-9-18(17)29-2/h4-9,11-12H,3,10,13H2,1-2H3,(H,24,28). The molecule has 2 aromatic heterocycles. The first-order valence-corrected chi connectivity index (χ1v) is 12.0. The minimum Gasteiger partial charge on any atom is -0.495 e. The number of halogens is 1. The average molecular weight is 473 g/mol. The van der Waals surface area contributed by atoms with E-state index in [1.165, 1.54) is 21.8 Å². The van der Waals surface area contributed by atoms with Gasteiger partial charge in [0.05, 0.1) is 18.6 Å². The van der Waals surface area contributed by atoms with Crippen molar-refractivity contribution in [2.24, 2.45) is 0 Å². The van der Waals surface area contributed by atoms with Crippen molar-refractivity contribution in [3.05, 3.63) is 52.9 Å². The molecule has 0 spiro atoms. The van der Waals surface area contributed by atoms with Crippen LogP contribution in [-0.2, 0) is 11.3 Å². The molecule has 0 aliphatic heterocycles. The Balaban J connectivity index is 1.53. The zero-order valence-corrected chi connectivity index (χ0v) is 19.5. The lowest BCUT2D eigenvalue weighted by molar-refractivity contribution is -0.113. The first-order chi connectivity index (χ1) is 15.1. The number of nitrogens with one attached hydrogen (secondary N) is 1. The number of carbonyl (C=O) groups is 1. The highest BCUT2D eigenvalue weighted by molar-refractivity contribution is 7.99. The van der Waals surface area contributed by atoms with Gasteiger partial charge in [0, 0.05) is 32.6 Å². The van der Waals surface area contributed by atoms with Crippen LogP contribution in [0.2, 0.25) is 5.02 Å². The number of benzene rings is 2. The summed E-state index contributed by atoms with van der Waals surface area (Å²) < 4.78 is 8.59. The van der Waals surface area contributed by atoms with Gasteiger partial charge in [-0.1, -0.05) is 48.5 Å². The summed E-state index contributed by atoms with van der Waals surface area (Å²) in [6, 6.07) is 13.4. The van der Waals surface area contributed by atoms with E-state index in [1.807, 2.05) is 12.1 Å². The topological polar surface area (TPSA) is 69.0 Å². The number of aromatic nitrogens is 3. The predicted octanol–water partition coefficient (Wildman–Crippen LogP) is 5.96. The van der Waals surface area contributed by atoms with Crippen LogP contribution in [0.4, 0.5) is 5.69 Å². The normalized spacial score (nSPS) is 11.1. The minimum atomic E-state index is -0.167. The van der Waals surface area contributed by atoms with E-state index in [2.05, 4.69) is 44.5 Å². The summed E-state index contributed by atoms with van der Waals surface area (Å²) in [5, 5.41) is 16.2. The Morgan fingerprint density at radius 3 is 2.90 bits per heavy atom. The molecule has 0 bridgehead atoms. The predicted molar refractivity (Wildman–Crippen MR) is 128 cm³/mol. The van der Waals surface area contributed by atoms with Crippen molar-refractivity contribution in [3.63, 3.8) is 0 Å². The monoisotopic (exact) mass is 472 g/mol. The van der Waals surface area contributed by atoms with Gasteiger partial charge in [0.25, 0.3) is 0 Å². The maximum Gasteiger partial charge on any atom is 0.234 e. The minimum absolute atomic E-state index is 0.167. The smallest absolute Gasteiger partial charge is 0.234 e. The van der Waals surface area contributed by atoms with E-state index < -0.39 is 0 Å². The molecule has 0 saturated heterocycles. The largest absolute Gasteiger partial charge is 0.495 e. The summed E-state index contributed by atoms with van der Waals surface area (Å²) in [6.45, 7) is 2.89. The lowest BCUT2D eigenvalue weighted by atomic mass is 10.1. The van der Waals surface area contributed by atoms with Crippen molar-refractivity contribution in [2.75, 3.05) is 18.2 Å². The van der Waals surface area contributed by atoms with Gasteiger partial charge in [-0.15, -0.1) is 21.5 Å². The van der Waals surface area contributed by atoms with Crippen LogP contribution in [0.3, 0.4) is 0 Å². The summed E-state index contributed by atoms with van der Waals surface area (Å²) in [5.41, 5.74) is 1.61. The van der Waals surface area contributed by atoms with Crippen LogP contribution in [0.25, 0.3) is 21.5 Å². The van der Waals surface area contributed by atoms with Gasteiger partial charge in [-0.05, 0) is 30.7 Å². The Morgan fingerprint density at radius 1 is 1.26 bits per heavy atom. The number of amides is 1. The second-order valence-electron chi connectivity index (χ2n) is 6.78. The van der Waals surface area contributed by atoms with Gasteiger partial charge in [0.1, 0.15) is 5.75 Å². The van der Waals surface area contributed by atoms with Crippen LogP contribution in [0.1, 0.15) is 13.3 Å². The summed E-state index contributed by atoms with van der Waals surface area (Å²) >= 11 is 9.10. The molecular weight excluding hydrogens is 452 g/mol. The molecule has 0 radical (unpaired) electrons. The number of hydrogen-bond acceptors (Lipinski definition) is 6. The first kappa shape index (κ1) is 21.7. The quantitative estimate of drug-likeness (QED) is 0.320. The van der Waals surface area contributed by atoms with E-state index in [9.17, 15) is 4.79 Å². The molecule has 0 unspecified atom stereocenters. The maximum absolute atomic E-state index is 12.6. The number of thioether (sulfide) groups is 1. The second kappa shape index (κ2) is 9.72. The van der Waals surface area contributed by atoms with Crippen molar-refractivity contribution in [2.45, 2.75) is 25.0 Å². The third-order valence-electron chi connectivity index (χ3n) is 4.65. The fourth-order valence-corrected chi connectivity index (χ4v) is 5.14. The lowest BCUT2D eigenvalue weighted by Crippen LogP contribution is -2.15. The number of rotatable bonds is 8. The number of hydrogen-bond donors (Lipinski definition) is 1. The molecule has 160 valence electrons. The van der Waals surface area contributed by atoms with Crippen LogP contribution in [0.5, 0.6) is 5.75 Å². The van der Waals surface area contributed by atoms with Crippen molar-refractivity contribution in [3.8, 4) is 17.1 Å². The fraction of sp³-hybridized carbons (Fsp3) is 0.227. The fourth-order valence-electron chi connectivity index (χ4n) is 3.27. The van der Waals surface area contributed by atoms with Crippen LogP contribution in [-0.4, -0.2) is 33.5 Å². The molecule has 0 aliphatic carbocycles. The lowest BCUT2D eigenvalue weighted by Gasteiger charge is -2.11. The molecule has 31 heavy (non-hydrogen) atoms. The molecule has 9 heteroatoms. The molecule has 2 aromatic carbocycles. The van der Waals surface area contributed by atoms with Gasteiger partial charge in [-0.3, -0.25) is 4.79 Å². The van der Waals surface area contributed by atoms with Crippen LogP contribution >= 0.6 is 34.7 Å². The third kappa shape index (κ3) is 4.71. The SMILES string of the molecule is CCCn1c(SCC(=O)Nc2cc(Cl)ccc2OC)nnc1-c1csc2ccccc12. The molecule has 0 fully saturated rings. The van der Waals surface area contributed by atoms with E-state index in [-0.39, 0.29) is 11.7 Å². The Morgan fingerprint density at radius 2 is 2.10 bits per heavy atom. The van der Waals surface area contributed by atoms with Gasteiger partial charge in [0.15, 0.2) is 11.0 Å². The number of methoxy groups -OCH3 is 1. The summed E-state index contributed by atoms with van der Waals surface area (Å²) in [4.78, 5) is 12.6. The molecule has 0 saturated carbocycles. The molecule has 0 atom stereocenters. The highest BCUT2D eigenvalue weighted by Crippen LogP contribution is 2.34. The Labute approximate surface area is 193 Å². The second-order valence-corrected chi connectivity index (χ2v) is 9.07. The van der Waals surface area contributed by atoms with Gasteiger partial charge in [0.2, 0.25) is 5.91 Å². The van der Waals surface area contributed by atoms with E-state index in [0.717, 1.165) is 29.5 Å². The van der Waals surface area contributed by atoms with Gasteiger partial charge in [-0.2, -0.15) is 0 Å². The first-order valence-electron chi connectivity index (χ1n) is 9.76. The number of carbonyl (C=O) groups excluding carboxylic acids is 1. The third-order valence-corrected chi connectivity index (χ3v) is 6.82. The molecule has 0 aliphatic rings. The van der Waals surface area contributed by atoms with E-state index >= 15 is 0 Å². The van der Waals surface area contributed by atoms with Crippen molar-refractivity contribution >= 4 is 56.4 Å². The molecule has 6 nitrogen and oxygen atoms in total. The van der Waals surface area contributed by atoms with Crippen LogP contribution in [0, 0.1) is 0 Å². The van der Waals surface area contributed by atoms with Crippen molar-refractivity contribution in [1.29, 1.82) is 0 Å². The molecule has 4 aromatic rings. The number of nitrogens with zero attached hydrogens (tertiary/aromatic N) is 3. The number of thiophene rings is 1. The zero-order valence-electron chi connectivity index (χ0n) is 17.1. The number of ether oxygens (including phenoxy) is 1. The van der Waals surface area contributed by atoms with Gasteiger partial charge < -0.3 is 14.6 Å². The average Bonchev–Trinajstić information content (AvgIpc) is 3.36. The summed E-state index contributed by atoms with van der Waals surface area (Å²) in [7, 11) is 1.55. The molecular formula is C22H21ClN4O2S2. The van der Waals surface area contributed by atoms with E-state index in [0.29, 0.717) is 16.5 Å². The zero-order chi connectivity index (χ0) is 21.8. The summed E-state index contributed by atoms with van der Waals surface area (Å²) in [6.07, 6.45) is 0.937. The van der Waals surface area contributed by atoms with Crippen molar-refractivity contribution < 1.29 is 9.53 Å². The molecule has 4 rings (SSSR count). The number of anilines is 1. The Bertz CT molecular complexity index is 1220. The van der Waals surface area contributed by atoms with Crippen LogP contribution < -0.4 is 10.1 Å². The maximum atomic E-state index is 12.6. The summed E-state index contributed by atoms with van der Waals surface area (Å²) in [5.74, 6) is 1.42. The van der Waals surface area contributed by atoms with Crippen LogP contribution in [0.15, 0.2) is 53.0 Å². The van der Waals surface area contributed by atoms with E-state index in [4.69, 9.17) is 16.3 Å². The number of fused-ring (bicyclic) bond motifs is 1. The molecule has 2 heterocycles. The highest BCUT2D eigenvalue weighted by Gasteiger charge is 2.18. The van der Waals surface area contributed by atoms with Crippen molar-refractivity contribution in [1.82, 2.24) is 14.8 Å². The van der Waals surface area contributed by atoms with Gasteiger partial charge >= 0.3 is 0 Å². The Hall–Kier alpha value is -2.55. The highest BCUT2D eigenvalue weighted by atomic mass is 35.5. The molecule has 1 N–H and O–H groups in total.